The Balaban J connectivity index is 2.00. The highest BCUT2D eigenvalue weighted by Crippen LogP contribution is 2.61. The number of ether oxygens (including phenoxy) is 1. The van der Waals surface area contributed by atoms with Crippen molar-refractivity contribution in [2.45, 2.75) is 45.1 Å². The number of alkyl halides is 2. The molecule has 0 radical (unpaired) electrons. The number of carboxylic acids is 1. The average molecular weight is 458 g/mol. The molecular weight excluding hydrogens is 436 g/mol. The monoisotopic (exact) mass is 457 g/mol. The average Bonchev–Trinajstić information content (AvgIpc) is 2.85. The number of halogens is 3. The molecule has 3 rings (SSSR count). The molecule has 5 nitrogen and oxygen atoms in total. The second kappa shape index (κ2) is 7.54. The number of carbonyl (C=O) groups is 2. The van der Waals surface area contributed by atoms with Crippen molar-refractivity contribution < 1.29 is 28.2 Å². The summed E-state index contributed by atoms with van der Waals surface area (Å²) in [6.45, 7) is 3.17. The van der Waals surface area contributed by atoms with Crippen molar-refractivity contribution in [3.05, 3.63) is 34.6 Å². The first-order valence-electron chi connectivity index (χ1n) is 9.17. The molecule has 1 aliphatic heterocycles. The number of carboxylic acid groups (broad SMARTS) is 1. The standard InChI is InChI=1S/C20H22BrF2NO4/c1-11-15(6-5-14-4-3-13(21)9-24-14)17-12(2)28-18(27)19(17,8-7-16(25)26)10-20(11,22)23/h3-6,9,11-12,15,17H,7-8,10H2,1-2H3,(H,25,26)/b6-5+/t11-,12+,15-,17-,19+/m0/s1. The molecule has 1 aromatic rings. The molecule has 1 saturated carbocycles. The van der Waals surface area contributed by atoms with Gasteiger partial charge in [0, 0.05) is 35.3 Å². The lowest BCUT2D eigenvalue weighted by Gasteiger charge is -2.47. The number of hydrogen-bond donors (Lipinski definition) is 1. The van der Waals surface area contributed by atoms with Crippen molar-refractivity contribution in [3.63, 3.8) is 0 Å². The first-order chi connectivity index (χ1) is 13.1. The topological polar surface area (TPSA) is 76.5 Å². The predicted octanol–water partition coefficient (Wildman–Crippen LogP) is 4.56. The Morgan fingerprint density at radius 3 is 2.75 bits per heavy atom. The summed E-state index contributed by atoms with van der Waals surface area (Å²) in [5.74, 6) is -7.11. The number of pyridine rings is 1. The number of allylic oxidation sites excluding steroid dienone is 1. The summed E-state index contributed by atoms with van der Waals surface area (Å²) in [7, 11) is 0. The van der Waals surface area contributed by atoms with Crippen LogP contribution in [0, 0.1) is 23.2 Å². The quantitative estimate of drug-likeness (QED) is 0.655. The zero-order valence-electron chi connectivity index (χ0n) is 15.6. The molecule has 0 aromatic carbocycles. The van der Waals surface area contributed by atoms with E-state index in [2.05, 4.69) is 20.9 Å². The van der Waals surface area contributed by atoms with Gasteiger partial charge in [-0.1, -0.05) is 13.0 Å². The van der Waals surface area contributed by atoms with Crippen LogP contribution in [0.1, 0.15) is 38.8 Å². The summed E-state index contributed by atoms with van der Waals surface area (Å²) in [6.07, 6.45) is 3.21. The lowest BCUT2D eigenvalue weighted by atomic mass is 9.55. The number of aliphatic carboxylic acids is 1. The maximum Gasteiger partial charge on any atom is 0.313 e. The van der Waals surface area contributed by atoms with Crippen LogP contribution in [-0.2, 0) is 14.3 Å². The van der Waals surface area contributed by atoms with Gasteiger partial charge in [0.05, 0.1) is 11.1 Å². The normalized spacial score (nSPS) is 34.2. The smallest absolute Gasteiger partial charge is 0.313 e. The molecule has 0 unspecified atom stereocenters. The van der Waals surface area contributed by atoms with Crippen molar-refractivity contribution in [1.82, 2.24) is 4.98 Å². The number of rotatable bonds is 5. The fraction of sp³-hybridized carbons (Fsp3) is 0.550. The lowest BCUT2D eigenvalue weighted by molar-refractivity contribution is -0.173. The molecule has 8 heteroatoms. The predicted molar refractivity (Wildman–Crippen MR) is 102 cm³/mol. The number of aromatic nitrogens is 1. The number of hydrogen-bond acceptors (Lipinski definition) is 4. The highest BCUT2D eigenvalue weighted by atomic mass is 79.9. The van der Waals surface area contributed by atoms with E-state index >= 15 is 0 Å². The molecule has 28 heavy (non-hydrogen) atoms. The third-order valence-electron chi connectivity index (χ3n) is 6.08. The van der Waals surface area contributed by atoms with Crippen molar-refractivity contribution in [2.24, 2.45) is 23.2 Å². The van der Waals surface area contributed by atoms with E-state index in [4.69, 9.17) is 9.84 Å². The molecule has 1 aliphatic carbocycles. The van der Waals surface area contributed by atoms with Crippen LogP contribution in [-0.4, -0.2) is 34.1 Å². The van der Waals surface area contributed by atoms with Crippen LogP contribution in [0.25, 0.3) is 6.08 Å². The second-order valence-electron chi connectivity index (χ2n) is 7.75. The number of fused-ring (bicyclic) bond motifs is 1. The van der Waals surface area contributed by atoms with Gasteiger partial charge in [-0.05, 0) is 53.4 Å². The largest absolute Gasteiger partial charge is 0.481 e. The molecule has 5 atom stereocenters. The molecule has 0 spiro atoms. The Morgan fingerprint density at radius 2 is 2.14 bits per heavy atom. The third-order valence-corrected chi connectivity index (χ3v) is 6.55. The van der Waals surface area contributed by atoms with Crippen LogP contribution >= 0.6 is 15.9 Å². The number of carbonyl (C=O) groups excluding carboxylic acids is 1. The number of esters is 1. The Labute approximate surface area is 170 Å². The van der Waals surface area contributed by atoms with E-state index in [-0.39, 0.29) is 12.8 Å². The van der Waals surface area contributed by atoms with Gasteiger partial charge >= 0.3 is 11.9 Å². The molecule has 2 aliphatic rings. The Hall–Kier alpha value is -1.83. The van der Waals surface area contributed by atoms with Crippen molar-refractivity contribution in [1.29, 1.82) is 0 Å². The van der Waals surface area contributed by atoms with Crippen LogP contribution in [0.15, 0.2) is 28.9 Å². The van der Waals surface area contributed by atoms with Crippen LogP contribution in [0.4, 0.5) is 8.78 Å². The van der Waals surface area contributed by atoms with E-state index in [0.29, 0.717) is 5.69 Å². The Bertz CT molecular complexity index is 798. The SMILES string of the molecule is C[C@H]1OC(=O)[C@]2(CCC(=O)O)CC(F)(F)[C@@H](C)[C@H](/C=C/c3ccc(Br)cn3)[C@H]12. The molecule has 1 N–H and O–H groups in total. The minimum absolute atomic E-state index is 0.153. The molecule has 152 valence electrons. The highest BCUT2D eigenvalue weighted by molar-refractivity contribution is 9.10. The van der Waals surface area contributed by atoms with E-state index in [1.165, 1.54) is 6.92 Å². The number of nitrogens with zero attached hydrogens (tertiary/aromatic N) is 1. The summed E-state index contributed by atoms with van der Waals surface area (Å²) >= 11 is 3.30. The van der Waals surface area contributed by atoms with Crippen LogP contribution < -0.4 is 0 Å². The molecule has 1 saturated heterocycles. The summed E-state index contributed by atoms with van der Waals surface area (Å²) in [6, 6.07) is 3.55. The van der Waals surface area contributed by atoms with Gasteiger partial charge in [-0.2, -0.15) is 0 Å². The second-order valence-corrected chi connectivity index (χ2v) is 8.67. The highest BCUT2D eigenvalue weighted by Gasteiger charge is 2.67. The zero-order valence-corrected chi connectivity index (χ0v) is 17.2. The summed E-state index contributed by atoms with van der Waals surface area (Å²) in [5.41, 5.74) is -0.881. The van der Waals surface area contributed by atoms with Crippen molar-refractivity contribution >= 4 is 33.9 Å². The van der Waals surface area contributed by atoms with Crippen molar-refractivity contribution in [3.8, 4) is 0 Å². The Morgan fingerprint density at radius 1 is 1.43 bits per heavy atom. The summed E-state index contributed by atoms with van der Waals surface area (Å²) < 4.78 is 36.0. The van der Waals surface area contributed by atoms with Gasteiger partial charge < -0.3 is 9.84 Å². The summed E-state index contributed by atoms with van der Waals surface area (Å²) in [5, 5.41) is 9.07. The minimum Gasteiger partial charge on any atom is -0.481 e. The lowest BCUT2D eigenvalue weighted by Crippen LogP contribution is -2.53. The van der Waals surface area contributed by atoms with E-state index in [1.807, 2.05) is 0 Å². The molecule has 1 aromatic heterocycles. The van der Waals surface area contributed by atoms with Gasteiger partial charge in [0.2, 0.25) is 0 Å². The van der Waals surface area contributed by atoms with Gasteiger partial charge in [0.25, 0.3) is 5.92 Å². The van der Waals surface area contributed by atoms with Crippen molar-refractivity contribution in [2.75, 3.05) is 0 Å². The molecule has 0 bridgehead atoms. The maximum atomic E-state index is 14.9. The minimum atomic E-state index is -3.11. The number of cyclic esters (lactones) is 1. The van der Waals surface area contributed by atoms with Gasteiger partial charge in [-0.25, -0.2) is 8.78 Å². The Kier molecular flexibility index (Phi) is 5.62. The van der Waals surface area contributed by atoms with Gasteiger partial charge in [0.15, 0.2) is 0 Å². The maximum absolute atomic E-state index is 14.9. The van der Waals surface area contributed by atoms with Gasteiger partial charge in [-0.3, -0.25) is 14.6 Å². The van der Waals surface area contributed by atoms with Gasteiger partial charge in [0.1, 0.15) is 6.10 Å². The van der Waals surface area contributed by atoms with Crippen LogP contribution in [0.5, 0.6) is 0 Å². The third kappa shape index (κ3) is 3.71. The summed E-state index contributed by atoms with van der Waals surface area (Å²) in [4.78, 5) is 27.9. The fourth-order valence-corrected chi connectivity index (χ4v) is 4.89. The van der Waals surface area contributed by atoms with E-state index in [1.54, 1.807) is 37.4 Å². The molecular formula is C20H22BrF2NO4. The molecule has 2 fully saturated rings. The fourth-order valence-electron chi connectivity index (χ4n) is 4.66. The van der Waals surface area contributed by atoms with Crippen LogP contribution in [0.3, 0.4) is 0 Å². The van der Waals surface area contributed by atoms with E-state index in [0.717, 1.165) is 4.47 Å². The zero-order chi connectivity index (χ0) is 20.7. The van der Waals surface area contributed by atoms with Gasteiger partial charge in [-0.15, -0.1) is 0 Å². The van der Waals surface area contributed by atoms with E-state index in [9.17, 15) is 18.4 Å². The molecule has 2 heterocycles. The van der Waals surface area contributed by atoms with Crippen LogP contribution in [0.2, 0.25) is 0 Å². The molecule has 0 amide bonds. The first kappa shape index (κ1) is 20.9. The first-order valence-corrected chi connectivity index (χ1v) is 9.96. The van der Waals surface area contributed by atoms with E-state index < -0.39 is 53.6 Å².